The third-order valence-corrected chi connectivity index (χ3v) is 4.54. The fourth-order valence-corrected chi connectivity index (χ4v) is 3.17. The molecule has 0 radical (unpaired) electrons. The summed E-state index contributed by atoms with van der Waals surface area (Å²) in [6, 6.07) is 12.3. The minimum Gasteiger partial charge on any atom is -0.326 e. The summed E-state index contributed by atoms with van der Waals surface area (Å²) >= 11 is 11.8. The van der Waals surface area contributed by atoms with Crippen molar-refractivity contribution in [2.45, 2.75) is 13.3 Å². The van der Waals surface area contributed by atoms with Gasteiger partial charge in [0.1, 0.15) is 0 Å². The Morgan fingerprint density at radius 3 is 2.46 bits per heavy atom. The van der Waals surface area contributed by atoms with E-state index in [1.54, 1.807) is 35.2 Å². The Labute approximate surface area is 150 Å². The third-order valence-electron chi connectivity index (χ3n) is 4.06. The van der Waals surface area contributed by atoms with Crippen LogP contribution in [0.1, 0.15) is 12.0 Å². The van der Waals surface area contributed by atoms with E-state index in [-0.39, 0.29) is 24.2 Å². The second kappa shape index (κ2) is 6.83. The Balaban J connectivity index is 1.72. The highest BCUT2D eigenvalue weighted by molar-refractivity contribution is 6.31. The van der Waals surface area contributed by atoms with Gasteiger partial charge in [0.05, 0.1) is 5.92 Å². The first-order valence-electron chi connectivity index (χ1n) is 7.57. The van der Waals surface area contributed by atoms with Gasteiger partial charge in [0, 0.05) is 34.4 Å². The number of anilines is 2. The molecule has 124 valence electrons. The quantitative estimate of drug-likeness (QED) is 0.884. The van der Waals surface area contributed by atoms with Gasteiger partial charge in [0.25, 0.3) is 0 Å². The monoisotopic (exact) mass is 362 g/mol. The predicted molar refractivity (Wildman–Crippen MR) is 96.7 cm³/mol. The lowest BCUT2D eigenvalue weighted by molar-refractivity contribution is -0.122. The minimum absolute atomic E-state index is 0.0586. The van der Waals surface area contributed by atoms with Crippen LogP contribution in [0.25, 0.3) is 0 Å². The average Bonchev–Trinajstić information content (AvgIpc) is 2.91. The maximum absolute atomic E-state index is 12.4. The molecule has 1 unspecified atom stereocenters. The molecule has 1 fully saturated rings. The Morgan fingerprint density at radius 1 is 1.12 bits per heavy atom. The number of rotatable bonds is 3. The van der Waals surface area contributed by atoms with Crippen LogP contribution < -0.4 is 10.2 Å². The summed E-state index contributed by atoms with van der Waals surface area (Å²) in [6.07, 6.45) is 0.196. The van der Waals surface area contributed by atoms with E-state index in [2.05, 4.69) is 5.32 Å². The fourth-order valence-electron chi connectivity index (χ4n) is 2.82. The van der Waals surface area contributed by atoms with E-state index in [1.165, 1.54) is 0 Å². The van der Waals surface area contributed by atoms with Gasteiger partial charge in [-0.05, 0) is 55.0 Å². The summed E-state index contributed by atoms with van der Waals surface area (Å²) in [6.45, 7) is 2.26. The second-order valence-electron chi connectivity index (χ2n) is 5.83. The minimum atomic E-state index is -0.386. The number of benzene rings is 2. The molecule has 0 aromatic heterocycles. The summed E-state index contributed by atoms with van der Waals surface area (Å²) in [5, 5.41) is 4.06. The van der Waals surface area contributed by atoms with Crippen molar-refractivity contribution in [3.05, 3.63) is 58.1 Å². The molecular weight excluding hydrogens is 347 g/mol. The van der Waals surface area contributed by atoms with Gasteiger partial charge < -0.3 is 10.2 Å². The Kier molecular flexibility index (Phi) is 4.78. The number of carbonyl (C=O) groups is 2. The molecule has 1 N–H and O–H groups in total. The molecule has 2 aromatic carbocycles. The highest BCUT2D eigenvalue weighted by Gasteiger charge is 2.35. The lowest BCUT2D eigenvalue weighted by Gasteiger charge is -2.19. The van der Waals surface area contributed by atoms with Crippen molar-refractivity contribution in [3.63, 3.8) is 0 Å². The van der Waals surface area contributed by atoms with Crippen LogP contribution in [0.15, 0.2) is 42.5 Å². The molecule has 3 rings (SSSR count). The van der Waals surface area contributed by atoms with Crippen molar-refractivity contribution in [2.24, 2.45) is 5.92 Å². The van der Waals surface area contributed by atoms with Crippen LogP contribution in [0.5, 0.6) is 0 Å². The average molecular weight is 363 g/mol. The molecule has 0 saturated carbocycles. The van der Waals surface area contributed by atoms with Gasteiger partial charge in [-0.2, -0.15) is 0 Å². The van der Waals surface area contributed by atoms with Gasteiger partial charge in [-0.3, -0.25) is 9.59 Å². The molecule has 0 bridgehead atoms. The van der Waals surface area contributed by atoms with E-state index >= 15 is 0 Å². The van der Waals surface area contributed by atoms with E-state index in [0.717, 1.165) is 11.3 Å². The number of hydrogen-bond donors (Lipinski definition) is 1. The van der Waals surface area contributed by atoms with Crippen LogP contribution >= 0.6 is 23.2 Å². The Hall–Kier alpha value is -2.04. The van der Waals surface area contributed by atoms with E-state index < -0.39 is 0 Å². The summed E-state index contributed by atoms with van der Waals surface area (Å²) in [5.74, 6) is -0.611. The number of hydrogen-bond acceptors (Lipinski definition) is 2. The molecule has 1 saturated heterocycles. The van der Waals surface area contributed by atoms with Crippen LogP contribution in [0, 0.1) is 12.8 Å². The fraction of sp³-hybridized carbons (Fsp3) is 0.222. The lowest BCUT2D eigenvalue weighted by Crippen LogP contribution is -2.28. The Morgan fingerprint density at radius 2 is 1.79 bits per heavy atom. The number of aryl methyl sites for hydroxylation is 1. The molecule has 0 aliphatic carbocycles. The molecule has 24 heavy (non-hydrogen) atoms. The van der Waals surface area contributed by atoms with Gasteiger partial charge in [-0.1, -0.05) is 23.2 Å². The van der Waals surface area contributed by atoms with E-state index in [1.807, 2.05) is 19.1 Å². The zero-order valence-electron chi connectivity index (χ0n) is 13.1. The molecule has 1 aliphatic rings. The molecule has 1 heterocycles. The van der Waals surface area contributed by atoms with Crippen molar-refractivity contribution < 1.29 is 9.59 Å². The maximum atomic E-state index is 12.4. The summed E-state index contributed by atoms with van der Waals surface area (Å²) in [4.78, 5) is 26.4. The number of amides is 2. The SMILES string of the molecule is Cc1cc(Cl)ccc1N1CC(C(=O)Nc2ccc(Cl)cc2)CC1=O. The number of nitrogens with zero attached hydrogens (tertiary/aromatic N) is 1. The van der Waals surface area contributed by atoms with Gasteiger partial charge >= 0.3 is 0 Å². The molecule has 4 nitrogen and oxygen atoms in total. The van der Waals surface area contributed by atoms with Gasteiger partial charge in [0.2, 0.25) is 11.8 Å². The first kappa shape index (κ1) is 16.8. The molecule has 1 atom stereocenters. The normalized spacial score (nSPS) is 17.2. The van der Waals surface area contributed by atoms with Gasteiger partial charge in [-0.15, -0.1) is 0 Å². The number of halogens is 2. The topological polar surface area (TPSA) is 49.4 Å². The van der Waals surface area contributed by atoms with Crippen LogP contribution in [0.4, 0.5) is 11.4 Å². The highest BCUT2D eigenvalue weighted by Crippen LogP contribution is 2.30. The van der Waals surface area contributed by atoms with Gasteiger partial charge in [0.15, 0.2) is 0 Å². The molecule has 0 spiro atoms. The molecule has 2 aromatic rings. The zero-order chi connectivity index (χ0) is 17.3. The van der Waals surface area contributed by atoms with E-state index in [0.29, 0.717) is 22.3 Å². The van der Waals surface area contributed by atoms with Crippen molar-refractivity contribution in [1.29, 1.82) is 0 Å². The maximum Gasteiger partial charge on any atom is 0.229 e. The van der Waals surface area contributed by atoms with Crippen molar-refractivity contribution >= 4 is 46.4 Å². The van der Waals surface area contributed by atoms with Crippen molar-refractivity contribution in [2.75, 3.05) is 16.8 Å². The first-order valence-corrected chi connectivity index (χ1v) is 8.32. The highest BCUT2D eigenvalue weighted by atomic mass is 35.5. The lowest BCUT2D eigenvalue weighted by atomic mass is 10.1. The molecule has 1 aliphatic heterocycles. The van der Waals surface area contributed by atoms with E-state index in [9.17, 15) is 9.59 Å². The van der Waals surface area contributed by atoms with Crippen LogP contribution in [0.2, 0.25) is 10.0 Å². The standard InChI is InChI=1S/C18H16Cl2N2O2/c1-11-8-14(20)4-7-16(11)22-10-12(9-17(22)23)18(24)21-15-5-2-13(19)3-6-15/h2-8,12H,9-10H2,1H3,(H,21,24). The largest absolute Gasteiger partial charge is 0.326 e. The zero-order valence-corrected chi connectivity index (χ0v) is 14.6. The van der Waals surface area contributed by atoms with E-state index in [4.69, 9.17) is 23.2 Å². The van der Waals surface area contributed by atoms with Crippen LogP contribution in [-0.2, 0) is 9.59 Å². The van der Waals surface area contributed by atoms with Crippen molar-refractivity contribution in [3.8, 4) is 0 Å². The Bertz CT molecular complexity index is 790. The summed E-state index contributed by atoms with van der Waals surface area (Å²) < 4.78 is 0. The number of nitrogens with one attached hydrogen (secondary N) is 1. The summed E-state index contributed by atoms with van der Waals surface area (Å²) in [7, 11) is 0. The first-order chi connectivity index (χ1) is 11.4. The molecule has 6 heteroatoms. The molecule has 2 amide bonds. The summed E-state index contributed by atoms with van der Waals surface area (Å²) in [5.41, 5.74) is 2.37. The smallest absolute Gasteiger partial charge is 0.229 e. The number of carbonyl (C=O) groups excluding carboxylic acids is 2. The molecular formula is C18H16Cl2N2O2. The van der Waals surface area contributed by atoms with Crippen LogP contribution in [-0.4, -0.2) is 18.4 Å². The second-order valence-corrected chi connectivity index (χ2v) is 6.71. The third kappa shape index (κ3) is 3.55. The van der Waals surface area contributed by atoms with Crippen molar-refractivity contribution in [1.82, 2.24) is 0 Å². The van der Waals surface area contributed by atoms with Gasteiger partial charge in [-0.25, -0.2) is 0 Å². The predicted octanol–water partition coefficient (Wildman–Crippen LogP) is 4.29. The van der Waals surface area contributed by atoms with Crippen LogP contribution in [0.3, 0.4) is 0 Å².